The fraction of sp³-hybridized carbons (Fsp3) is 0.615. The maximum Gasteiger partial charge on any atom is 0.169 e. The highest BCUT2D eigenvalue weighted by atomic mass is 19.2. The van der Waals surface area contributed by atoms with Gasteiger partial charge in [0, 0.05) is 0 Å². The Bertz CT molecular complexity index is 856. The molecule has 0 aliphatic heterocycles. The van der Waals surface area contributed by atoms with Crippen LogP contribution in [0.3, 0.4) is 0 Å². The average Bonchev–Trinajstić information content (AvgIpc) is 2.73. The van der Waals surface area contributed by atoms with E-state index in [1.54, 1.807) is 25.1 Å². The van der Waals surface area contributed by atoms with Crippen LogP contribution in [-0.4, -0.2) is 0 Å². The molecule has 2 aliphatic carbocycles. The number of hydrogen-bond acceptors (Lipinski definition) is 0. The van der Waals surface area contributed by atoms with Crippen LogP contribution in [0.15, 0.2) is 18.2 Å². The number of halogens is 3. The lowest BCUT2D eigenvalue weighted by Gasteiger charge is -2.37. The molecule has 3 heteroatoms. The molecule has 0 spiro atoms. The molecule has 0 atom stereocenters. The van der Waals surface area contributed by atoms with E-state index in [9.17, 15) is 13.2 Å². The van der Waals surface area contributed by atoms with Crippen molar-refractivity contribution < 1.29 is 13.2 Å². The number of fused-ring (bicyclic) bond motifs is 1. The summed E-state index contributed by atoms with van der Waals surface area (Å²) in [6, 6.07) is 4.97. The zero-order chi connectivity index (χ0) is 20.5. The summed E-state index contributed by atoms with van der Waals surface area (Å²) in [5.41, 5.74) is 0.731. The van der Waals surface area contributed by atoms with Gasteiger partial charge in [-0.3, -0.25) is 0 Å². The standard InChI is InChI=1S/C26H33F3/c1-16-3-9-19(10-4-16)20-12-6-18(7-13-20)8-14-22-15-21-11-5-17(2)24(27)23(21)26(29)25(22)28/h5,11,15-16,18-20H,3-4,6-10,12-14H2,1-2H3. The maximum absolute atomic E-state index is 14.6. The van der Waals surface area contributed by atoms with Crippen molar-refractivity contribution in [2.75, 3.05) is 0 Å². The first-order valence-electron chi connectivity index (χ1n) is 11.5. The van der Waals surface area contributed by atoms with Crippen LogP contribution in [0.1, 0.15) is 75.8 Å². The quantitative estimate of drug-likeness (QED) is 0.484. The predicted molar refractivity (Wildman–Crippen MR) is 113 cm³/mol. The van der Waals surface area contributed by atoms with Gasteiger partial charge in [0.05, 0.1) is 5.39 Å². The smallest absolute Gasteiger partial charge is 0.169 e. The summed E-state index contributed by atoms with van der Waals surface area (Å²) in [5.74, 6) is 0.734. The number of aryl methyl sites for hydroxylation is 2. The summed E-state index contributed by atoms with van der Waals surface area (Å²) in [6.45, 7) is 3.95. The minimum absolute atomic E-state index is 0.214. The van der Waals surface area contributed by atoms with Crippen molar-refractivity contribution >= 4 is 10.8 Å². The average molecular weight is 403 g/mol. The van der Waals surface area contributed by atoms with E-state index in [-0.39, 0.29) is 5.39 Å². The van der Waals surface area contributed by atoms with Gasteiger partial charge < -0.3 is 0 Å². The van der Waals surface area contributed by atoms with Crippen molar-refractivity contribution in [2.24, 2.45) is 23.7 Å². The SMILES string of the molecule is Cc1ccc2cc(CCC3CCC(C4CCC(C)CC4)CC3)c(F)c(F)c2c1F. The third kappa shape index (κ3) is 4.34. The van der Waals surface area contributed by atoms with Crippen molar-refractivity contribution in [3.8, 4) is 0 Å². The summed E-state index contributed by atoms with van der Waals surface area (Å²) in [4.78, 5) is 0. The summed E-state index contributed by atoms with van der Waals surface area (Å²) >= 11 is 0. The Balaban J connectivity index is 1.37. The third-order valence-corrected chi connectivity index (χ3v) is 7.83. The Morgan fingerprint density at radius 3 is 2.07 bits per heavy atom. The number of benzene rings is 2. The molecule has 0 radical (unpaired) electrons. The van der Waals surface area contributed by atoms with Crippen molar-refractivity contribution in [1.82, 2.24) is 0 Å². The van der Waals surface area contributed by atoms with E-state index in [1.165, 1.54) is 51.4 Å². The predicted octanol–water partition coefficient (Wildman–Crippen LogP) is 8.13. The summed E-state index contributed by atoms with van der Waals surface area (Å²) in [7, 11) is 0. The van der Waals surface area contributed by atoms with Gasteiger partial charge in [-0.1, -0.05) is 44.7 Å². The van der Waals surface area contributed by atoms with E-state index in [4.69, 9.17) is 0 Å². The molecule has 0 saturated heterocycles. The Morgan fingerprint density at radius 1 is 0.793 bits per heavy atom. The molecule has 0 amide bonds. The van der Waals surface area contributed by atoms with Crippen LogP contribution in [0.2, 0.25) is 0 Å². The van der Waals surface area contributed by atoms with Gasteiger partial charge in [0.2, 0.25) is 0 Å². The van der Waals surface area contributed by atoms with Crippen LogP contribution < -0.4 is 0 Å². The van der Waals surface area contributed by atoms with E-state index in [0.29, 0.717) is 28.9 Å². The lowest BCUT2D eigenvalue weighted by molar-refractivity contribution is 0.147. The molecular weight excluding hydrogens is 369 g/mol. The minimum Gasteiger partial charge on any atom is -0.206 e. The van der Waals surface area contributed by atoms with Gasteiger partial charge in [-0.2, -0.15) is 0 Å². The lowest BCUT2D eigenvalue weighted by Crippen LogP contribution is -2.25. The normalized spacial score (nSPS) is 28.0. The Morgan fingerprint density at radius 2 is 1.41 bits per heavy atom. The molecule has 2 fully saturated rings. The molecule has 29 heavy (non-hydrogen) atoms. The Labute approximate surface area is 172 Å². The van der Waals surface area contributed by atoms with Crippen LogP contribution in [0, 0.1) is 48.0 Å². The van der Waals surface area contributed by atoms with Crippen molar-refractivity contribution in [3.63, 3.8) is 0 Å². The van der Waals surface area contributed by atoms with Crippen LogP contribution >= 0.6 is 0 Å². The van der Waals surface area contributed by atoms with E-state index in [1.807, 2.05) is 0 Å². The Hall–Kier alpha value is -1.51. The zero-order valence-corrected chi connectivity index (χ0v) is 17.7. The molecule has 2 aromatic carbocycles. The van der Waals surface area contributed by atoms with E-state index >= 15 is 0 Å². The van der Waals surface area contributed by atoms with Crippen LogP contribution in [0.25, 0.3) is 10.8 Å². The largest absolute Gasteiger partial charge is 0.206 e. The fourth-order valence-corrected chi connectivity index (χ4v) is 5.79. The molecule has 2 aromatic rings. The van der Waals surface area contributed by atoms with Crippen molar-refractivity contribution in [1.29, 1.82) is 0 Å². The van der Waals surface area contributed by atoms with Crippen molar-refractivity contribution in [2.45, 2.75) is 78.1 Å². The first-order chi connectivity index (χ1) is 13.9. The second kappa shape index (κ2) is 8.70. The highest BCUT2D eigenvalue weighted by molar-refractivity contribution is 5.85. The topological polar surface area (TPSA) is 0 Å². The van der Waals surface area contributed by atoms with Crippen molar-refractivity contribution in [3.05, 3.63) is 46.8 Å². The molecular formula is C26H33F3. The van der Waals surface area contributed by atoms with Gasteiger partial charge in [-0.05, 0) is 91.7 Å². The number of rotatable bonds is 4. The van der Waals surface area contributed by atoms with Crippen LogP contribution in [-0.2, 0) is 6.42 Å². The van der Waals surface area contributed by atoms with Gasteiger partial charge in [0.25, 0.3) is 0 Å². The van der Waals surface area contributed by atoms with Gasteiger partial charge in [0.15, 0.2) is 11.6 Å². The lowest BCUT2D eigenvalue weighted by atomic mass is 9.69. The molecule has 4 rings (SSSR count). The molecule has 0 bridgehead atoms. The molecule has 0 unspecified atom stereocenters. The van der Waals surface area contributed by atoms with Gasteiger partial charge >= 0.3 is 0 Å². The first kappa shape index (κ1) is 20.8. The zero-order valence-electron chi connectivity index (χ0n) is 17.7. The summed E-state index contributed by atoms with van der Waals surface area (Å²) < 4.78 is 43.4. The van der Waals surface area contributed by atoms with E-state index in [2.05, 4.69) is 6.92 Å². The molecule has 2 saturated carbocycles. The van der Waals surface area contributed by atoms with Crippen LogP contribution in [0.4, 0.5) is 13.2 Å². The summed E-state index contributed by atoms with van der Waals surface area (Å²) in [5, 5.41) is 0.241. The molecule has 158 valence electrons. The molecule has 0 nitrogen and oxygen atoms in total. The molecule has 0 heterocycles. The Kier molecular flexibility index (Phi) is 6.22. The molecule has 2 aliphatic rings. The third-order valence-electron chi connectivity index (χ3n) is 7.83. The highest BCUT2D eigenvalue weighted by Gasteiger charge is 2.30. The highest BCUT2D eigenvalue weighted by Crippen LogP contribution is 2.42. The second-order valence-corrected chi connectivity index (χ2v) is 9.80. The summed E-state index contributed by atoms with van der Waals surface area (Å²) in [6.07, 6.45) is 12.0. The van der Waals surface area contributed by atoms with Crippen LogP contribution in [0.5, 0.6) is 0 Å². The van der Waals surface area contributed by atoms with Gasteiger partial charge in [0.1, 0.15) is 5.82 Å². The van der Waals surface area contributed by atoms with Gasteiger partial charge in [-0.15, -0.1) is 0 Å². The fourth-order valence-electron chi connectivity index (χ4n) is 5.79. The second-order valence-electron chi connectivity index (χ2n) is 9.80. The van der Waals surface area contributed by atoms with E-state index < -0.39 is 17.5 Å². The molecule has 0 aromatic heterocycles. The van der Waals surface area contributed by atoms with Gasteiger partial charge in [-0.25, -0.2) is 13.2 Å². The first-order valence-corrected chi connectivity index (χ1v) is 11.5. The van der Waals surface area contributed by atoms with E-state index in [0.717, 1.165) is 24.2 Å². The monoisotopic (exact) mass is 402 g/mol. The minimum atomic E-state index is -1.03. The number of hydrogen-bond donors (Lipinski definition) is 0. The maximum atomic E-state index is 14.6. The molecule has 0 N–H and O–H groups in total.